The minimum absolute atomic E-state index is 0.252. The van der Waals surface area contributed by atoms with Crippen molar-refractivity contribution < 1.29 is 23.8 Å². The summed E-state index contributed by atoms with van der Waals surface area (Å²) in [5.41, 5.74) is 1.22. The summed E-state index contributed by atoms with van der Waals surface area (Å²) >= 11 is 0. The number of hydrogen-bond acceptors (Lipinski definition) is 5. The van der Waals surface area contributed by atoms with Gasteiger partial charge >= 0.3 is 0 Å². The van der Waals surface area contributed by atoms with Crippen molar-refractivity contribution in [2.45, 2.75) is 13.3 Å². The van der Waals surface area contributed by atoms with Crippen molar-refractivity contribution in [3.8, 4) is 5.75 Å². The van der Waals surface area contributed by atoms with Gasteiger partial charge in [-0.2, -0.15) is 0 Å². The summed E-state index contributed by atoms with van der Waals surface area (Å²) in [6.07, 6.45) is 0.712. The van der Waals surface area contributed by atoms with Gasteiger partial charge < -0.3 is 24.8 Å². The van der Waals surface area contributed by atoms with E-state index in [4.69, 9.17) is 14.2 Å². The standard InChI is InChI=1S/C22H28N2O5/c1-3-28-15-16-29-20-12-7-5-10-18(20)22(26)24-19-11-6-4-9-17(19)21(25)23-13-8-14-27-2/h4-7,9-12H,3,8,13-16H2,1-2H3,(H,23,25)(H,24,26). The van der Waals surface area contributed by atoms with Crippen molar-refractivity contribution in [2.75, 3.05) is 45.4 Å². The number of carbonyl (C=O) groups is 2. The number of methoxy groups -OCH3 is 1. The highest BCUT2D eigenvalue weighted by atomic mass is 16.5. The van der Waals surface area contributed by atoms with E-state index in [1.807, 2.05) is 6.92 Å². The Kier molecular flexibility index (Phi) is 9.68. The molecule has 0 aliphatic carbocycles. The molecule has 2 rings (SSSR count). The highest BCUT2D eigenvalue weighted by molar-refractivity contribution is 6.10. The molecular weight excluding hydrogens is 372 g/mol. The predicted molar refractivity (Wildman–Crippen MR) is 112 cm³/mol. The minimum atomic E-state index is -0.350. The molecule has 0 saturated heterocycles. The first kappa shape index (κ1) is 22.4. The number of hydrogen-bond donors (Lipinski definition) is 2. The van der Waals surface area contributed by atoms with E-state index in [0.717, 1.165) is 0 Å². The molecule has 0 aliphatic rings. The molecule has 29 heavy (non-hydrogen) atoms. The van der Waals surface area contributed by atoms with Crippen LogP contribution in [0.25, 0.3) is 0 Å². The third-order valence-corrected chi connectivity index (χ3v) is 4.05. The molecular formula is C22H28N2O5. The van der Waals surface area contributed by atoms with Crippen molar-refractivity contribution in [3.63, 3.8) is 0 Å². The number of para-hydroxylation sites is 2. The Morgan fingerprint density at radius 1 is 0.897 bits per heavy atom. The molecule has 7 heteroatoms. The molecule has 2 amide bonds. The molecule has 0 unspecified atom stereocenters. The lowest BCUT2D eigenvalue weighted by Gasteiger charge is -2.14. The molecule has 0 heterocycles. The summed E-state index contributed by atoms with van der Waals surface area (Å²) in [6, 6.07) is 13.9. The van der Waals surface area contributed by atoms with Crippen LogP contribution >= 0.6 is 0 Å². The monoisotopic (exact) mass is 400 g/mol. The summed E-state index contributed by atoms with van der Waals surface area (Å²) in [5.74, 6) is -0.138. The van der Waals surface area contributed by atoms with Crippen molar-refractivity contribution in [2.24, 2.45) is 0 Å². The number of nitrogens with one attached hydrogen (secondary N) is 2. The maximum Gasteiger partial charge on any atom is 0.259 e. The summed E-state index contributed by atoms with van der Waals surface area (Å²) in [4.78, 5) is 25.3. The van der Waals surface area contributed by atoms with Crippen molar-refractivity contribution in [3.05, 3.63) is 59.7 Å². The van der Waals surface area contributed by atoms with E-state index in [1.165, 1.54) is 0 Å². The average molecular weight is 400 g/mol. The number of carbonyl (C=O) groups excluding carboxylic acids is 2. The molecule has 0 fully saturated rings. The van der Waals surface area contributed by atoms with E-state index in [1.54, 1.807) is 55.6 Å². The van der Waals surface area contributed by atoms with E-state index in [9.17, 15) is 9.59 Å². The molecule has 0 radical (unpaired) electrons. The van der Waals surface area contributed by atoms with Gasteiger partial charge in [0, 0.05) is 26.9 Å². The molecule has 0 bridgehead atoms. The Labute approximate surface area is 171 Å². The van der Waals surface area contributed by atoms with Gasteiger partial charge in [0.1, 0.15) is 12.4 Å². The lowest BCUT2D eigenvalue weighted by Crippen LogP contribution is -2.26. The van der Waals surface area contributed by atoms with Crippen LogP contribution in [0.4, 0.5) is 5.69 Å². The zero-order chi connectivity index (χ0) is 20.9. The molecule has 156 valence electrons. The summed E-state index contributed by atoms with van der Waals surface area (Å²) in [5, 5.41) is 5.65. The average Bonchev–Trinajstić information content (AvgIpc) is 2.75. The normalized spacial score (nSPS) is 10.4. The van der Waals surface area contributed by atoms with Crippen LogP contribution in [0.2, 0.25) is 0 Å². The molecule has 2 N–H and O–H groups in total. The Hall–Kier alpha value is -2.90. The smallest absolute Gasteiger partial charge is 0.259 e. The maximum absolute atomic E-state index is 12.8. The lowest BCUT2D eigenvalue weighted by atomic mass is 10.1. The minimum Gasteiger partial charge on any atom is -0.490 e. The Bertz CT molecular complexity index is 794. The second-order valence-electron chi connectivity index (χ2n) is 6.14. The fraction of sp³-hybridized carbons (Fsp3) is 0.364. The van der Waals surface area contributed by atoms with Gasteiger partial charge in [-0.25, -0.2) is 0 Å². The van der Waals surface area contributed by atoms with E-state index >= 15 is 0 Å². The van der Waals surface area contributed by atoms with E-state index in [0.29, 0.717) is 62.0 Å². The first-order chi connectivity index (χ1) is 14.2. The molecule has 0 aliphatic heterocycles. The topological polar surface area (TPSA) is 85.9 Å². The van der Waals surface area contributed by atoms with E-state index in [-0.39, 0.29) is 11.8 Å². The number of amides is 2. The second-order valence-corrected chi connectivity index (χ2v) is 6.14. The third-order valence-electron chi connectivity index (χ3n) is 4.05. The van der Waals surface area contributed by atoms with Crippen LogP contribution < -0.4 is 15.4 Å². The summed E-state index contributed by atoms with van der Waals surface area (Å²) in [7, 11) is 1.62. The van der Waals surface area contributed by atoms with Crippen LogP contribution in [-0.4, -0.2) is 51.9 Å². The van der Waals surface area contributed by atoms with E-state index < -0.39 is 0 Å². The van der Waals surface area contributed by atoms with Gasteiger partial charge in [-0.3, -0.25) is 9.59 Å². The van der Waals surface area contributed by atoms with Gasteiger partial charge in [0.15, 0.2) is 0 Å². The number of rotatable bonds is 12. The fourth-order valence-corrected chi connectivity index (χ4v) is 2.63. The van der Waals surface area contributed by atoms with Gasteiger partial charge in [0.2, 0.25) is 0 Å². The van der Waals surface area contributed by atoms with E-state index in [2.05, 4.69) is 10.6 Å². The summed E-state index contributed by atoms with van der Waals surface area (Å²) < 4.78 is 15.9. The lowest BCUT2D eigenvalue weighted by molar-refractivity contribution is 0.0949. The van der Waals surface area contributed by atoms with Gasteiger partial charge in [-0.1, -0.05) is 24.3 Å². The highest BCUT2D eigenvalue weighted by Gasteiger charge is 2.16. The first-order valence-corrected chi connectivity index (χ1v) is 9.64. The van der Waals surface area contributed by atoms with Crippen molar-refractivity contribution in [1.82, 2.24) is 5.32 Å². The van der Waals surface area contributed by atoms with Gasteiger partial charge in [-0.05, 0) is 37.6 Å². The molecule has 2 aromatic rings. The van der Waals surface area contributed by atoms with Crippen LogP contribution in [0.5, 0.6) is 5.75 Å². The maximum atomic E-state index is 12.8. The molecule has 7 nitrogen and oxygen atoms in total. The van der Waals surface area contributed by atoms with Crippen LogP contribution in [0.15, 0.2) is 48.5 Å². The largest absolute Gasteiger partial charge is 0.490 e. The zero-order valence-electron chi connectivity index (χ0n) is 16.9. The van der Waals surface area contributed by atoms with Crippen molar-refractivity contribution >= 4 is 17.5 Å². The molecule has 0 spiro atoms. The number of anilines is 1. The van der Waals surface area contributed by atoms with Crippen LogP contribution in [0, 0.1) is 0 Å². The zero-order valence-corrected chi connectivity index (χ0v) is 16.9. The van der Waals surface area contributed by atoms with Gasteiger partial charge in [-0.15, -0.1) is 0 Å². The Balaban J connectivity index is 2.07. The Morgan fingerprint density at radius 3 is 2.38 bits per heavy atom. The summed E-state index contributed by atoms with van der Waals surface area (Å²) in [6.45, 7) is 4.36. The molecule has 0 aromatic heterocycles. The van der Waals surface area contributed by atoms with Gasteiger partial charge in [0.05, 0.1) is 23.4 Å². The molecule has 0 saturated carbocycles. The molecule has 2 aromatic carbocycles. The van der Waals surface area contributed by atoms with Crippen LogP contribution in [-0.2, 0) is 9.47 Å². The second kappa shape index (κ2) is 12.5. The van der Waals surface area contributed by atoms with Crippen molar-refractivity contribution in [1.29, 1.82) is 0 Å². The number of benzene rings is 2. The number of ether oxygens (including phenoxy) is 3. The quantitative estimate of drug-likeness (QED) is 0.535. The van der Waals surface area contributed by atoms with Gasteiger partial charge in [0.25, 0.3) is 11.8 Å². The SMILES string of the molecule is CCOCCOc1ccccc1C(=O)Nc1ccccc1C(=O)NCCCOC. The Morgan fingerprint density at radius 2 is 1.62 bits per heavy atom. The predicted octanol–water partition coefficient (Wildman–Crippen LogP) is 3.12. The van der Waals surface area contributed by atoms with Crippen LogP contribution in [0.3, 0.4) is 0 Å². The fourth-order valence-electron chi connectivity index (χ4n) is 2.63. The third kappa shape index (κ3) is 7.21. The van der Waals surface area contributed by atoms with Crippen LogP contribution in [0.1, 0.15) is 34.1 Å². The highest BCUT2D eigenvalue weighted by Crippen LogP contribution is 2.21. The molecule has 0 atom stereocenters. The first-order valence-electron chi connectivity index (χ1n) is 9.64.